The smallest absolute Gasteiger partial charge is 0.417 e. The van der Waals surface area contributed by atoms with Gasteiger partial charge in [0.15, 0.2) is 0 Å². The van der Waals surface area contributed by atoms with Crippen LogP contribution >= 0.6 is 0 Å². The Kier molecular flexibility index (Phi) is 4.87. The summed E-state index contributed by atoms with van der Waals surface area (Å²) in [5.74, 6) is 0.208. The summed E-state index contributed by atoms with van der Waals surface area (Å²) >= 11 is 0. The van der Waals surface area contributed by atoms with Crippen LogP contribution in [0.5, 0.6) is 11.5 Å². The highest BCUT2D eigenvalue weighted by molar-refractivity contribution is 5.86. The maximum Gasteiger partial charge on any atom is 0.417 e. The predicted molar refractivity (Wildman–Crippen MR) is 111 cm³/mol. The Morgan fingerprint density at radius 2 is 1.87 bits per heavy atom. The largest absolute Gasteiger partial charge is 0.483 e. The van der Waals surface area contributed by atoms with Crippen molar-refractivity contribution in [2.45, 2.75) is 19.4 Å². The zero-order chi connectivity index (χ0) is 21.3. The van der Waals surface area contributed by atoms with Crippen LogP contribution in [0.25, 0.3) is 5.70 Å². The van der Waals surface area contributed by atoms with Crippen LogP contribution in [0.3, 0.4) is 0 Å². The predicted octanol–water partition coefficient (Wildman–Crippen LogP) is 4.66. The molecule has 1 amide bonds. The van der Waals surface area contributed by atoms with Crippen molar-refractivity contribution >= 4 is 17.5 Å². The molecule has 1 aromatic heterocycles. The lowest BCUT2D eigenvalue weighted by Crippen LogP contribution is -2.32. The molecule has 3 aromatic rings. The van der Waals surface area contributed by atoms with Gasteiger partial charge in [0.1, 0.15) is 22.9 Å². The van der Waals surface area contributed by atoms with Crippen molar-refractivity contribution in [2.24, 2.45) is 0 Å². The van der Waals surface area contributed by atoms with E-state index >= 15 is 0 Å². The summed E-state index contributed by atoms with van der Waals surface area (Å²) in [6.45, 7) is 3.77. The van der Waals surface area contributed by atoms with Gasteiger partial charge < -0.3 is 9.47 Å². The number of benzene rings is 2. The number of ether oxygens (including phenoxy) is 2. The van der Waals surface area contributed by atoms with E-state index in [1.54, 1.807) is 42.6 Å². The molecule has 2 aromatic carbocycles. The Morgan fingerprint density at radius 3 is 2.63 bits per heavy atom. The first kappa shape index (κ1) is 19.4. The molecule has 0 aliphatic carbocycles. The molecule has 7 heteroatoms. The number of hydrogen-bond acceptors (Lipinski definition) is 4. The molecule has 30 heavy (non-hydrogen) atoms. The average Bonchev–Trinajstić information content (AvgIpc) is 2.69. The fourth-order valence-electron chi connectivity index (χ4n) is 3.21. The zero-order valence-electron chi connectivity index (χ0n) is 16.4. The first-order chi connectivity index (χ1) is 14.3. The average molecular weight is 406 g/mol. The minimum atomic E-state index is -0.834. The third-order valence-electron chi connectivity index (χ3n) is 4.49. The first-order valence-electron chi connectivity index (χ1n) is 9.30. The number of rotatable bonds is 3. The maximum absolute atomic E-state index is 13.7. The fourth-order valence-corrected chi connectivity index (χ4v) is 3.21. The van der Waals surface area contributed by atoms with Gasteiger partial charge >= 0.3 is 6.09 Å². The second-order valence-corrected chi connectivity index (χ2v) is 7.30. The number of nitrogens with zero attached hydrogens (tertiary/aromatic N) is 1. The van der Waals surface area contributed by atoms with E-state index in [0.717, 1.165) is 0 Å². The third-order valence-corrected chi connectivity index (χ3v) is 4.49. The molecular formula is C23H19FN2O4. The van der Waals surface area contributed by atoms with E-state index in [1.807, 2.05) is 19.9 Å². The van der Waals surface area contributed by atoms with E-state index < -0.39 is 17.5 Å². The molecule has 6 nitrogen and oxygen atoms in total. The van der Waals surface area contributed by atoms with Gasteiger partial charge in [-0.1, -0.05) is 18.2 Å². The number of halogens is 1. The summed E-state index contributed by atoms with van der Waals surface area (Å²) in [5.41, 5.74) is 0.394. The van der Waals surface area contributed by atoms with Crippen LogP contribution in [-0.4, -0.2) is 16.3 Å². The molecule has 1 aliphatic heterocycles. The van der Waals surface area contributed by atoms with Crippen LogP contribution in [0.2, 0.25) is 0 Å². The van der Waals surface area contributed by atoms with Gasteiger partial charge in [-0.2, -0.15) is 0 Å². The van der Waals surface area contributed by atoms with Crippen molar-refractivity contribution in [2.75, 3.05) is 5.32 Å². The van der Waals surface area contributed by atoms with Crippen molar-refractivity contribution in [1.82, 2.24) is 4.57 Å². The molecule has 4 rings (SSSR count). The molecule has 0 spiro atoms. The molecule has 0 unspecified atom stereocenters. The van der Waals surface area contributed by atoms with Crippen molar-refractivity contribution < 1.29 is 18.7 Å². The standard InChI is InChI=1S/C23H19FN2O4/c1-23(2)14-19(26-12-6-5-9-21(26)27)16-13-15(10-11-20(16)30-23)29-22(28)25-18-8-4-3-7-17(18)24/h3-14H,1-2H3,(H,25,28). The van der Waals surface area contributed by atoms with E-state index in [2.05, 4.69) is 5.32 Å². The maximum atomic E-state index is 13.7. The topological polar surface area (TPSA) is 69.6 Å². The number of fused-ring (bicyclic) bond motifs is 1. The number of hydrogen-bond donors (Lipinski definition) is 1. The SMILES string of the molecule is CC1(C)C=C(n2ccccc2=O)c2cc(OC(=O)Nc3ccccc3F)ccc2O1. The van der Waals surface area contributed by atoms with Crippen molar-refractivity contribution in [1.29, 1.82) is 0 Å². The minimum Gasteiger partial charge on any atom is -0.483 e. The zero-order valence-corrected chi connectivity index (χ0v) is 16.4. The lowest BCUT2D eigenvalue weighted by atomic mass is 9.98. The molecule has 0 bridgehead atoms. The highest BCUT2D eigenvalue weighted by Gasteiger charge is 2.28. The third kappa shape index (κ3) is 3.96. The van der Waals surface area contributed by atoms with E-state index in [0.29, 0.717) is 17.0 Å². The Balaban J connectivity index is 1.66. The Labute approximate surface area is 172 Å². The molecule has 0 radical (unpaired) electrons. The summed E-state index contributed by atoms with van der Waals surface area (Å²) in [7, 11) is 0. The number of carbonyl (C=O) groups excluding carboxylic acids is 1. The van der Waals surface area contributed by atoms with Crippen LogP contribution in [0, 0.1) is 5.82 Å². The summed E-state index contributed by atoms with van der Waals surface area (Å²) in [5, 5.41) is 2.37. The second kappa shape index (κ2) is 7.51. The number of pyridine rings is 1. The highest BCUT2D eigenvalue weighted by Crippen LogP contribution is 2.38. The Bertz CT molecular complexity index is 1210. The Hall–Kier alpha value is -3.87. The molecule has 0 saturated carbocycles. The quantitative estimate of drug-likeness (QED) is 0.687. The molecule has 2 heterocycles. The number of para-hydroxylation sites is 1. The molecule has 0 atom stereocenters. The summed E-state index contributed by atoms with van der Waals surface area (Å²) in [6, 6.07) is 15.5. The van der Waals surface area contributed by atoms with Gasteiger partial charge in [0.2, 0.25) is 0 Å². The van der Waals surface area contributed by atoms with Crippen LogP contribution in [-0.2, 0) is 0 Å². The highest BCUT2D eigenvalue weighted by atomic mass is 19.1. The van der Waals surface area contributed by atoms with E-state index in [1.165, 1.54) is 28.8 Å². The summed E-state index contributed by atoms with van der Waals surface area (Å²) in [4.78, 5) is 24.6. The van der Waals surface area contributed by atoms with Crippen LogP contribution < -0.4 is 20.3 Å². The van der Waals surface area contributed by atoms with E-state index in [-0.39, 0.29) is 17.0 Å². The van der Waals surface area contributed by atoms with Gasteiger partial charge in [-0.25, -0.2) is 9.18 Å². The van der Waals surface area contributed by atoms with Gasteiger partial charge in [0.05, 0.1) is 11.4 Å². The summed E-state index contributed by atoms with van der Waals surface area (Å²) < 4.78 is 26.5. The number of nitrogens with one attached hydrogen (secondary N) is 1. The number of carbonyl (C=O) groups is 1. The second-order valence-electron chi connectivity index (χ2n) is 7.30. The van der Waals surface area contributed by atoms with Crippen molar-refractivity contribution in [3.05, 3.63) is 94.7 Å². The van der Waals surface area contributed by atoms with Gasteiger partial charge in [-0.3, -0.25) is 14.7 Å². The minimum absolute atomic E-state index is 0.0157. The lowest BCUT2D eigenvalue weighted by molar-refractivity contribution is 0.157. The van der Waals surface area contributed by atoms with Crippen LogP contribution in [0.15, 0.2) is 77.7 Å². The Morgan fingerprint density at radius 1 is 1.10 bits per heavy atom. The van der Waals surface area contributed by atoms with Crippen LogP contribution in [0.1, 0.15) is 19.4 Å². The number of aromatic nitrogens is 1. The first-order valence-corrected chi connectivity index (χ1v) is 9.30. The monoisotopic (exact) mass is 406 g/mol. The fraction of sp³-hybridized carbons (Fsp3) is 0.130. The van der Waals surface area contributed by atoms with Crippen LogP contribution in [0.4, 0.5) is 14.9 Å². The molecule has 0 saturated heterocycles. The molecule has 0 fully saturated rings. The molecule has 1 N–H and O–H groups in total. The van der Waals surface area contributed by atoms with Gasteiger partial charge in [-0.15, -0.1) is 0 Å². The van der Waals surface area contributed by atoms with Gasteiger partial charge in [0, 0.05) is 17.8 Å². The van der Waals surface area contributed by atoms with Gasteiger partial charge in [-0.05, 0) is 56.3 Å². The number of anilines is 1. The summed E-state index contributed by atoms with van der Waals surface area (Å²) in [6.07, 6.45) is 2.66. The van der Waals surface area contributed by atoms with Gasteiger partial charge in [0.25, 0.3) is 5.56 Å². The molecule has 152 valence electrons. The van der Waals surface area contributed by atoms with E-state index in [4.69, 9.17) is 9.47 Å². The molecule has 1 aliphatic rings. The normalized spacial score (nSPS) is 14.2. The lowest BCUT2D eigenvalue weighted by Gasteiger charge is -2.31. The van der Waals surface area contributed by atoms with Crippen molar-refractivity contribution in [3.63, 3.8) is 0 Å². The van der Waals surface area contributed by atoms with E-state index in [9.17, 15) is 14.0 Å². The van der Waals surface area contributed by atoms with Crippen molar-refractivity contribution in [3.8, 4) is 11.5 Å². The number of amides is 1. The molecular weight excluding hydrogens is 387 g/mol.